The van der Waals surface area contributed by atoms with Crippen LogP contribution < -0.4 is 5.32 Å². The largest absolute Gasteiger partial charge is 0.416 e. The number of nitrogens with zero attached hydrogens (tertiary/aromatic N) is 2. The van der Waals surface area contributed by atoms with E-state index in [1.165, 1.54) is 18.6 Å². The average molecular weight is 313 g/mol. The maximum atomic E-state index is 13.0. The van der Waals surface area contributed by atoms with Crippen molar-refractivity contribution in [2.75, 3.05) is 39.3 Å². The average Bonchev–Trinajstić information content (AvgIpc) is 3.02. The van der Waals surface area contributed by atoms with Crippen LogP contribution in [0.25, 0.3) is 0 Å². The van der Waals surface area contributed by atoms with Gasteiger partial charge in [0.05, 0.1) is 5.56 Å². The summed E-state index contributed by atoms with van der Waals surface area (Å²) < 4.78 is 39.1. The van der Waals surface area contributed by atoms with E-state index in [4.69, 9.17) is 0 Å². The molecule has 0 unspecified atom stereocenters. The molecule has 1 aromatic carbocycles. The molecular formula is C16H22F3N3. The lowest BCUT2D eigenvalue weighted by Crippen LogP contribution is -2.50. The van der Waals surface area contributed by atoms with Crippen molar-refractivity contribution in [2.45, 2.75) is 25.2 Å². The second kappa shape index (κ2) is 6.56. The molecule has 0 aromatic heterocycles. The Hall–Kier alpha value is -1.11. The first-order chi connectivity index (χ1) is 10.5. The predicted molar refractivity (Wildman–Crippen MR) is 79.6 cm³/mol. The fourth-order valence-corrected chi connectivity index (χ4v) is 3.41. The minimum atomic E-state index is -4.27. The molecule has 0 spiro atoms. The number of piperazine rings is 1. The Kier molecular flexibility index (Phi) is 4.70. The van der Waals surface area contributed by atoms with E-state index in [9.17, 15) is 13.2 Å². The monoisotopic (exact) mass is 313 g/mol. The van der Waals surface area contributed by atoms with Crippen LogP contribution in [-0.2, 0) is 12.7 Å². The van der Waals surface area contributed by atoms with Gasteiger partial charge < -0.3 is 5.32 Å². The molecule has 122 valence electrons. The predicted octanol–water partition coefficient (Wildman–Crippen LogP) is 2.18. The zero-order valence-electron chi connectivity index (χ0n) is 12.6. The quantitative estimate of drug-likeness (QED) is 0.923. The SMILES string of the molecule is FC(F)(F)c1ccccc1CN1CCN([C@@H]2CCNC2)CC1. The first-order valence-corrected chi connectivity index (χ1v) is 7.86. The van der Waals surface area contributed by atoms with Gasteiger partial charge in [-0.15, -0.1) is 0 Å². The van der Waals surface area contributed by atoms with Crippen LogP contribution in [0.4, 0.5) is 13.2 Å². The Morgan fingerprint density at radius 3 is 2.45 bits per heavy atom. The van der Waals surface area contributed by atoms with Gasteiger partial charge in [0.1, 0.15) is 0 Å². The number of hydrogen-bond acceptors (Lipinski definition) is 3. The molecule has 1 atom stereocenters. The summed E-state index contributed by atoms with van der Waals surface area (Å²) in [6.07, 6.45) is -3.09. The fraction of sp³-hybridized carbons (Fsp3) is 0.625. The van der Waals surface area contributed by atoms with E-state index in [1.54, 1.807) is 12.1 Å². The molecule has 0 amide bonds. The summed E-state index contributed by atoms with van der Waals surface area (Å²) in [6.45, 7) is 6.06. The molecule has 2 saturated heterocycles. The van der Waals surface area contributed by atoms with Crippen LogP contribution in [0, 0.1) is 0 Å². The number of nitrogens with one attached hydrogen (secondary N) is 1. The summed E-state index contributed by atoms with van der Waals surface area (Å²) in [4.78, 5) is 4.59. The highest BCUT2D eigenvalue weighted by Gasteiger charge is 2.33. The fourth-order valence-electron chi connectivity index (χ4n) is 3.41. The molecule has 2 fully saturated rings. The highest BCUT2D eigenvalue weighted by Crippen LogP contribution is 2.32. The van der Waals surface area contributed by atoms with E-state index < -0.39 is 11.7 Å². The molecule has 2 aliphatic heterocycles. The molecule has 2 aliphatic rings. The number of hydrogen-bond donors (Lipinski definition) is 1. The zero-order chi connectivity index (χ0) is 15.6. The van der Waals surface area contributed by atoms with Crippen LogP contribution in [0.5, 0.6) is 0 Å². The lowest BCUT2D eigenvalue weighted by atomic mass is 10.1. The third-order valence-electron chi connectivity index (χ3n) is 4.67. The molecule has 0 bridgehead atoms. The van der Waals surface area contributed by atoms with Crippen LogP contribution in [0.2, 0.25) is 0 Å². The lowest BCUT2D eigenvalue weighted by molar-refractivity contribution is -0.138. The molecule has 6 heteroatoms. The second-order valence-electron chi connectivity index (χ2n) is 6.11. The highest BCUT2D eigenvalue weighted by atomic mass is 19.4. The maximum Gasteiger partial charge on any atom is 0.416 e. The van der Waals surface area contributed by atoms with Crippen molar-refractivity contribution in [1.82, 2.24) is 15.1 Å². The Morgan fingerprint density at radius 2 is 1.82 bits per heavy atom. The van der Waals surface area contributed by atoms with E-state index >= 15 is 0 Å². The van der Waals surface area contributed by atoms with Crippen LogP contribution in [0.1, 0.15) is 17.5 Å². The van der Waals surface area contributed by atoms with E-state index in [-0.39, 0.29) is 0 Å². The van der Waals surface area contributed by atoms with Crippen molar-refractivity contribution >= 4 is 0 Å². The van der Waals surface area contributed by atoms with Crippen molar-refractivity contribution in [1.29, 1.82) is 0 Å². The maximum absolute atomic E-state index is 13.0. The molecule has 2 heterocycles. The molecule has 0 radical (unpaired) electrons. The van der Waals surface area contributed by atoms with Crippen molar-refractivity contribution in [2.24, 2.45) is 0 Å². The van der Waals surface area contributed by atoms with Crippen LogP contribution in [0.3, 0.4) is 0 Å². The van der Waals surface area contributed by atoms with Crippen molar-refractivity contribution in [3.63, 3.8) is 0 Å². The van der Waals surface area contributed by atoms with Gasteiger partial charge in [0.2, 0.25) is 0 Å². The van der Waals surface area contributed by atoms with Gasteiger partial charge in [-0.25, -0.2) is 0 Å². The smallest absolute Gasteiger partial charge is 0.315 e. The Bertz CT molecular complexity index is 490. The molecular weight excluding hydrogens is 291 g/mol. The van der Waals surface area contributed by atoms with Gasteiger partial charge in [0, 0.05) is 45.3 Å². The van der Waals surface area contributed by atoms with Gasteiger partial charge in [-0.3, -0.25) is 9.80 Å². The summed E-state index contributed by atoms with van der Waals surface area (Å²) in [5.74, 6) is 0. The van der Waals surface area contributed by atoms with Crippen LogP contribution in [-0.4, -0.2) is 55.1 Å². The van der Waals surface area contributed by atoms with Gasteiger partial charge in [-0.2, -0.15) is 13.2 Å². The first kappa shape index (κ1) is 15.8. The van der Waals surface area contributed by atoms with Gasteiger partial charge >= 0.3 is 6.18 Å². The third-order valence-corrected chi connectivity index (χ3v) is 4.67. The van der Waals surface area contributed by atoms with Gasteiger partial charge in [0.15, 0.2) is 0 Å². The molecule has 1 aromatic rings. The van der Waals surface area contributed by atoms with Crippen LogP contribution in [0.15, 0.2) is 24.3 Å². The van der Waals surface area contributed by atoms with Gasteiger partial charge in [0.25, 0.3) is 0 Å². The zero-order valence-corrected chi connectivity index (χ0v) is 12.6. The van der Waals surface area contributed by atoms with Crippen molar-refractivity contribution < 1.29 is 13.2 Å². The van der Waals surface area contributed by atoms with Crippen LogP contribution >= 0.6 is 0 Å². The van der Waals surface area contributed by atoms with Gasteiger partial charge in [-0.05, 0) is 24.6 Å². The standard InChI is InChI=1S/C16H22F3N3/c17-16(18,19)15-4-2-1-3-13(15)12-21-7-9-22(10-8-21)14-5-6-20-11-14/h1-4,14,20H,5-12H2/t14-/m1/s1. The summed E-state index contributed by atoms with van der Waals surface area (Å²) >= 11 is 0. The minimum absolute atomic E-state index is 0.381. The van der Waals surface area contributed by atoms with Crippen molar-refractivity contribution in [3.05, 3.63) is 35.4 Å². The topological polar surface area (TPSA) is 18.5 Å². The van der Waals surface area contributed by atoms with E-state index in [0.717, 1.165) is 39.3 Å². The Labute approximate surface area is 129 Å². The molecule has 3 nitrogen and oxygen atoms in total. The number of benzene rings is 1. The summed E-state index contributed by atoms with van der Waals surface area (Å²) in [5.41, 5.74) is -0.122. The Morgan fingerprint density at radius 1 is 1.09 bits per heavy atom. The van der Waals surface area contributed by atoms with E-state index in [0.29, 0.717) is 18.2 Å². The van der Waals surface area contributed by atoms with Crippen molar-refractivity contribution in [3.8, 4) is 0 Å². The van der Waals surface area contributed by atoms with E-state index in [1.807, 2.05) is 0 Å². The normalized spacial score (nSPS) is 24.8. The summed E-state index contributed by atoms with van der Waals surface area (Å²) in [7, 11) is 0. The lowest BCUT2D eigenvalue weighted by Gasteiger charge is -2.38. The molecule has 1 N–H and O–H groups in total. The molecule has 3 rings (SSSR count). The highest BCUT2D eigenvalue weighted by molar-refractivity contribution is 5.29. The molecule has 0 aliphatic carbocycles. The molecule has 22 heavy (non-hydrogen) atoms. The third kappa shape index (κ3) is 3.62. The summed E-state index contributed by atoms with van der Waals surface area (Å²) in [5, 5.41) is 3.36. The number of halogens is 3. The van der Waals surface area contributed by atoms with Gasteiger partial charge in [-0.1, -0.05) is 18.2 Å². The summed E-state index contributed by atoms with van der Waals surface area (Å²) in [6, 6.07) is 6.51. The minimum Gasteiger partial charge on any atom is -0.315 e. The first-order valence-electron chi connectivity index (χ1n) is 7.86. The second-order valence-corrected chi connectivity index (χ2v) is 6.11. The Balaban J connectivity index is 1.59. The molecule has 0 saturated carbocycles. The van der Waals surface area contributed by atoms with E-state index in [2.05, 4.69) is 15.1 Å². The number of alkyl halides is 3. The number of rotatable bonds is 3.